The third-order valence-electron chi connectivity index (χ3n) is 3.22. The lowest BCUT2D eigenvalue weighted by atomic mass is 10.1. The van der Waals surface area contributed by atoms with Crippen LogP contribution in [0, 0.1) is 16.0 Å². The lowest BCUT2D eigenvalue weighted by molar-refractivity contribution is -0.383. The van der Waals surface area contributed by atoms with Crippen LogP contribution in [0.25, 0.3) is 0 Å². The Bertz CT molecular complexity index is 437. The molecule has 1 saturated carbocycles. The van der Waals surface area contributed by atoms with Crippen molar-refractivity contribution in [3.8, 4) is 0 Å². The first kappa shape index (κ1) is 11.6. The van der Waals surface area contributed by atoms with Crippen LogP contribution in [0.4, 0.5) is 17.3 Å². The van der Waals surface area contributed by atoms with Crippen LogP contribution < -0.4 is 11.1 Å². The molecule has 2 rings (SSSR count). The summed E-state index contributed by atoms with van der Waals surface area (Å²) in [5.74, 6) is 0.616. The fourth-order valence-electron chi connectivity index (χ4n) is 2.21. The summed E-state index contributed by atoms with van der Waals surface area (Å²) in [6.45, 7) is 2.13. The molecule has 1 heterocycles. The Morgan fingerprint density at radius 2 is 2.29 bits per heavy atom. The first-order chi connectivity index (χ1) is 8.09. The average Bonchev–Trinajstić information content (AvgIpc) is 2.64. The van der Waals surface area contributed by atoms with Gasteiger partial charge in [-0.05, 0) is 18.8 Å². The highest BCUT2D eigenvalue weighted by Gasteiger charge is 2.28. The van der Waals surface area contributed by atoms with Gasteiger partial charge in [-0.15, -0.1) is 0 Å². The number of rotatable bonds is 3. The van der Waals surface area contributed by atoms with E-state index < -0.39 is 4.92 Å². The summed E-state index contributed by atoms with van der Waals surface area (Å²) in [5, 5.41) is 14.0. The Kier molecular flexibility index (Phi) is 3.08. The van der Waals surface area contributed by atoms with Crippen molar-refractivity contribution < 1.29 is 4.92 Å². The minimum atomic E-state index is -0.544. The molecule has 0 aromatic carbocycles. The molecule has 1 aromatic rings. The van der Waals surface area contributed by atoms with Gasteiger partial charge >= 0.3 is 5.69 Å². The van der Waals surface area contributed by atoms with Crippen molar-refractivity contribution in [2.75, 3.05) is 11.1 Å². The van der Waals surface area contributed by atoms with E-state index in [-0.39, 0.29) is 23.4 Å². The van der Waals surface area contributed by atoms with Crippen molar-refractivity contribution in [2.24, 2.45) is 5.92 Å². The van der Waals surface area contributed by atoms with Gasteiger partial charge in [-0.2, -0.15) is 0 Å². The molecule has 0 saturated heterocycles. The van der Waals surface area contributed by atoms with Gasteiger partial charge in [-0.25, -0.2) is 9.97 Å². The van der Waals surface area contributed by atoms with Gasteiger partial charge < -0.3 is 11.1 Å². The van der Waals surface area contributed by atoms with Crippen LogP contribution in [0.3, 0.4) is 0 Å². The Labute approximate surface area is 98.6 Å². The molecule has 1 aromatic heterocycles. The number of hydrogen-bond donors (Lipinski definition) is 2. The summed E-state index contributed by atoms with van der Waals surface area (Å²) in [6, 6.07) is 0.225. The fourth-order valence-corrected chi connectivity index (χ4v) is 2.21. The maximum absolute atomic E-state index is 10.9. The average molecular weight is 237 g/mol. The van der Waals surface area contributed by atoms with Crippen molar-refractivity contribution in [3.63, 3.8) is 0 Å². The van der Waals surface area contributed by atoms with Crippen LogP contribution in [0.15, 0.2) is 6.33 Å². The van der Waals surface area contributed by atoms with Crippen molar-refractivity contribution in [1.29, 1.82) is 0 Å². The number of aromatic nitrogens is 2. The Hall–Kier alpha value is -1.92. The second-order valence-corrected chi connectivity index (χ2v) is 4.37. The predicted octanol–water partition coefficient (Wildman–Crippen LogP) is 1.57. The number of nitrogens with two attached hydrogens (primary N) is 1. The van der Waals surface area contributed by atoms with Crippen molar-refractivity contribution in [2.45, 2.75) is 32.2 Å². The zero-order valence-corrected chi connectivity index (χ0v) is 9.59. The first-order valence-corrected chi connectivity index (χ1v) is 5.61. The zero-order chi connectivity index (χ0) is 12.4. The Morgan fingerprint density at radius 3 is 2.88 bits per heavy atom. The van der Waals surface area contributed by atoms with E-state index in [2.05, 4.69) is 22.2 Å². The van der Waals surface area contributed by atoms with Crippen LogP contribution in [0.1, 0.15) is 26.2 Å². The van der Waals surface area contributed by atoms with Crippen molar-refractivity contribution >= 4 is 17.3 Å². The van der Waals surface area contributed by atoms with Crippen LogP contribution >= 0.6 is 0 Å². The number of nitro groups is 1. The SMILES string of the molecule is CC1CCCC1Nc1ncnc(N)c1[N+](=O)[O-]. The molecular weight excluding hydrogens is 222 g/mol. The summed E-state index contributed by atoms with van der Waals surface area (Å²) in [6.07, 6.45) is 4.51. The van der Waals surface area contributed by atoms with Crippen molar-refractivity contribution in [1.82, 2.24) is 9.97 Å². The maximum Gasteiger partial charge on any atom is 0.352 e. The van der Waals surface area contributed by atoms with E-state index >= 15 is 0 Å². The molecule has 0 spiro atoms. The second-order valence-electron chi connectivity index (χ2n) is 4.37. The molecule has 0 aliphatic heterocycles. The minimum absolute atomic E-state index is 0.0989. The first-order valence-electron chi connectivity index (χ1n) is 5.61. The summed E-state index contributed by atoms with van der Waals surface area (Å²) in [4.78, 5) is 17.9. The molecule has 2 atom stereocenters. The summed E-state index contributed by atoms with van der Waals surface area (Å²) in [7, 11) is 0. The van der Waals surface area contributed by atoms with Gasteiger partial charge in [0.05, 0.1) is 4.92 Å². The smallest absolute Gasteiger partial charge is 0.352 e. The topological polar surface area (TPSA) is 107 Å². The monoisotopic (exact) mass is 237 g/mol. The molecule has 7 nitrogen and oxygen atoms in total. The molecule has 3 N–H and O–H groups in total. The maximum atomic E-state index is 10.9. The van der Waals surface area contributed by atoms with Gasteiger partial charge in [0.1, 0.15) is 6.33 Å². The highest BCUT2D eigenvalue weighted by Crippen LogP contribution is 2.32. The van der Waals surface area contributed by atoms with Gasteiger partial charge in [0, 0.05) is 6.04 Å². The summed E-state index contributed by atoms with van der Waals surface area (Å²) in [5.41, 5.74) is 5.27. The third-order valence-corrected chi connectivity index (χ3v) is 3.22. The highest BCUT2D eigenvalue weighted by molar-refractivity contribution is 5.67. The molecule has 1 aliphatic carbocycles. The van der Waals surface area contributed by atoms with Gasteiger partial charge in [0.15, 0.2) is 0 Å². The number of nitrogens with one attached hydrogen (secondary N) is 1. The minimum Gasteiger partial charge on any atom is -0.378 e. The standard InChI is InChI=1S/C10H15N5O2/c1-6-3-2-4-7(6)14-10-8(15(16)17)9(11)12-5-13-10/h5-7H,2-4H2,1H3,(H3,11,12,13,14). The lowest BCUT2D eigenvalue weighted by Gasteiger charge is -2.17. The Balaban J connectivity index is 2.26. The highest BCUT2D eigenvalue weighted by atomic mass is 16.6. The molecular formula is C10H15N5O2. The summed E-state index contributed by atoms with van der Waals surface area (Å²) < 4.78 is 0. The fraction of sp³-hybridized carbons (Fsp3) is 0.600. The van der Waals surface area contributed by atoms with Crippen molar-refractivity contribution in [3.05, 3.63) is 16.4 Å². The predicted molar refractivity (Wildman–Crippen MR) is 63.5 cm³/mol. The van der Waals surface area contributed by atoms with E-state index in [4.69, 9.17) is 5.73 Å². The van der Waals surface area contributed by atoms with E-state index in [0.717, 1.165) is 19.3 Å². The van der Waals surface area contributed by atoms with Gasteiger partial charge in [-0.1, -0.05) is 13.3 Å². The molecule has 7 heteroatoms. The van der Waals surface area contributed by atoms with E-state index in [1.807, 2.05) is 0 Å². The molecule has 92 valence electrons. The van der Waals surface area contributed by atoms with Gasteiger partial charge in [0.25, 0.3) is 0 Å². The number of hydrogen-bond acceptors (Lipinski definition) is 6. The zero-order valence-electron chi connectivity index (χ0n) is 9.59. The number of anilines is 2. The molecule has 0 amide bonds. The molecule has 0 radical (unpaired) electrons. The molecule has 0 bridgehead atoms. The molecule has 1 fully saturated rings. The molecule has 17 heavy (non-hydrogen) atoms. The molecule has 1 aliphatic rings. The van der Waals surface area contributed by atoms with Crippen LogP contribution in [-0.2, 0) is 0 Å². The quantitative estimate of drug-likeness (QED) is 0.610. The van der Waals surface area contributed by atoms with E-state index in [1.54, 1.807) is 0 Å². The number of nitrogens with zero attached hydrogens (tertiary/aromatic N) is 3. The lowest BCUT2D eigenvalue weighted by Crippen LogP contribution is -2.23. The number of nitrogen functional groups attached to an aromatic ring is 1. The van der Waals surface area contributed by atoms with Crippen LogP contribution in [0.5, 0.6) is 0 Å². The third kappa shape index (κ3) is 2.27. The second kappa shape index (κ2) is 4.52. The molecule has 2 unspecified atom stereocenters. The van der Waals surface area contributed by atoms with Crippen LogP contribution in [0.2, 0.25) is 0 Å². The van der Waals surface area contributed by atoms with Gasteiger partial charge in [-0.3, -0.25) is 10.1 Å². The Morgan fingerprint density at radius 1 is 1.53 bits per heavy atom. The van der Waals surface area contributed by atoms with E-state index in [1.165, 1.54) is 6.33 Å². The normalized spacial score (nSPS) is 23.6. The van der Waals surface area contributed by atoms with Gasteiger partial charge in [0.2, 0.25) is 11.6 Å². The largest absolute Gasteiger partial charge is 0.378 e. The van der Waals surface area contributed by atoms with Crippen LogP contribution in [-0.4, -0.2) is 20.9 Å². The summed E-state index contributed by atoms with van der Waals surface area (Å²) >= 11 is 0. The van der Waals surface area contributed by atoms with E-state index in [0.29, 0.717) is 5.92 Å². The van der Waals surface area contributed by atoms with E-state index in [9.17, 15) is 10.1 Å².